The molecule has 32 heavy (non-hydrogen) atoms. The van der Waals surface area contributed by atoms with E-state index in [1.54, 1.807) is 4.90 Å². The number of ether oxygens (including phenoxy) is 1. The normalized spacial score (nSPS) is 24.8. The van der Waals surface area contributed by atoms with Crippen LogP contribution in [0.25, 0.3) is 11.1 Å². The molecule has 2 fully saturated rings. The lowest BCUT2D eigenvalue weighted by molar-refractivity contribution is -0.128. The van der Waals surface area contributed by atoms with E-state index in [-0.39, 0.29) is 30.1 Å². The van der Waals surface area contributed by atoms with Gasteiger partial charge in [-0.2, -0.15) is 5.26 Å². The maximum Gasteiger partial charge on any atom is 0.231 e. The molecule has 6 heteroatoms. The number of hydrogen-bond acceptors (Lipinski definition) is 5. The first kappa shape index (κ1) is 20.9. The average molecular weight is 430 g/mol. The van der Waals surface area contributed by atoms with Crippen molar-refractivity contribution in [2.75, 3.05) is 25.1 Å². The Morgan fingerprint density at radius 3 is 2.84 bits per heavy atom. The SMILES string of the molecule is CN1C(=O)Cc2ccc(-c3ccc(C[C@@H](C#N)CC(=O)[C@@]45CCO[C@@H](CN4)C5)cc3)cc21. The molecule has 6 nitrogen and oxygen atoms in total. The summed E-state index contributed by atoms with van der Waals surface area (Å²) in [7, 11) is 1.81. The van der Waals surface area contributed by atoms with Crippen molar-refractivity contribution < 1.29 is 14.3 Å². The number of hydrogen-bond donors (Lipinski definition) is 1. The molecule has 2 aromatic rings. The van der Waals surface area contributed by atoms with Gasteiger partial charge in [0.15, 0.2) is 5.78 Å². The van der Waals surface area contributed by atoms with Gasteiger partial charge >= 0.3 is 0 Å². The highest BCUT2D eigenvalue weighted by Crippen LogP contribution is 2.34. The predicted octanol–water partition coefficient (Wildman–Crippen LogP) is 3.03. The number of amides is 1. The molecule has 2 aromatic carbocycles. The summed E-state index contributed by atoms with van der Waals surface area (Å²) in [6.45, 7) is 1.33. The first-order valence-electron chi connectivity index (χ1n) is 11.3. The molecular weight excluding hydrogens is 402 g/mol. The lowest BCUT2D eigenvalue weighted by atomic mass is 9.81. The molecule has 164 valence electrons. The standard InChI is InChI=1S/C26H27N3O3/c1-29-23-12-20(6-7-21(23)13-25(29)31)19-4-2-17(3-5-19)10-18(15-27)11-24(30)26-8-9-32-22(14-26)16-28-26/h2-7,12,18,22,28H,8-11,13-14,16H2,1H3/t18-,22-,26+/m1/s1. The summed E-state index contributed by atoms with van der Waals surface area (Å²) in [5.74, 6) is -0.0810. The van der Waals surface area contributed by atoms with Gasteiger partial charge in [0.1, 0.15) is 0 Å². The number of carbonyl (C=O) groups excluding carboxylic acids is 2. The van der Waals surface area contributed by atoms with Crippen LogP contribution in [-0.2, 0) is 27.2 Å². The van der Waals surface area contributed by atoms with E-state index >= 15 is 0 Å². The smallest absolute Gasteiger partial charge is 0.231 e. The fourth-order valence-corrected chi connectivity index (χ4v) is 5.22. The van der Waals surface area contributed by atoms with Gasteiger partial charge in [-0.3, -0.25) is 9.59 Å². The van der Waals surface area contributed by atoms with Crippen LogP contribution < -0.4 is 10.2 Å². The van der Waals surface area contributed by atoms with Crippen LogP contribution in [0.5, 0.6) is 0 Å². The molecule has 0 spiro atoms. The minimum atomic E-state index is -0.496. The number of rotatable bonds is 6. The van der Waals surface area contributed by atoms with Gasteiger partial charge in [-0.1, -0.05) is 36.4 Å². The second kappa shape index (κ2) is 8.16. The van der Waals surface area contributed by atoms with Crippen LogP contribution in [0, 0.1) is 17.2 Å². The molecule has 3 aliphatic heterocycles. The number of ketones is 1. The van der Waals surface area contributed by atoms with E-state index in [4.69, 9.17) is 4.74 Å². The van der Waals surface area contributed by atoms with Crippen molar-refractivity contribution in [1.29, 1.82) is 5.26 Å². The van der Waals surface area contributed by atoms with E-state index in [9.17, 15) is 14.9 Å². The molecule has 2 saturated heterocycles. The topological polar surface area (TPSA) is 82.4 Å². The van der Waals surface area contributed by atoms with Crippen LogP contribution >= 0.6 is 0 Å². The number of carbonyl (C=O) groups is 2. The van der Waals surface area contributed by atoms with E-state index < -0.39 is 5.54 Å². The van der Waals surface area contributed by atoms with Crippen LogP contribution in [0.4, 0.5) is 5.69 Å². The van der Waals surface area contributed by atoms with E-state index in [1.165, 1.54) is 0 Å². The molecule has 1 amide bonds. The van der Waals surface area contributed by atoms with E-state index in [1.807, 2.05) is 43.4 Å². The third kappa shape index (κ3) is 3.72. The van der Waals surface area contributed by atoms with Crippen LogP contribution in [-0.4, -0.2) is 43.5 Å². The maximum absolute atomic E-state index is 13.0. The van der Waals surface area contributed by atoms with Gasteiger partial charge in [0.05, 0.1) is 30.1 Å². The Balaban J connectivity index is 1.26. The second-order valence-electron chi connectivity index (χ2n) is 9.24. The van der Waals surface area contributed by atoms with Crippen LogP contribution in [0.1, 0.15) is 30.4 Å². The van der Waals surface area contributed by atoms with Crippen LogP contribution in [0.2, 0.25) is 0 Å². The van der Waals surface area contributed by atoms with E-state index in [0.717, 1.165) is 40.9 Å². The van der Waals surface area contributed by atoms with Crippen molar-refractivity contribution in [1.82, 2.24) is 5.32 Å². The molecule has 3 heterocycles. The summed E-state index contributed by atoms with van der Waals surface area (Å²) in [6.07, 6.45) is 2.82. The van der Waals surface area contributed by atoms with Gasteiger partial charge < -0.3 is 15.0 Å². The molecule has 2 bridgehead atoms. The fourth-order valence-electron chi connectivity index (χ4n) is 5.22. The Morgan fingerprint density at radius 1 is 1.28 bits per heavy atom. The number of likely N-dealkylation sites (N-methyl/N-ethyl adjacent to an activating group) is 1. The number of anilines is 1. The van der Waals surface area contributed by atoms with Gasteiger partial charge in [0, 0.05) is 38.7 Å². The molecule has 0 unspecified atom stereocenters. The highest BCUT2D eigenvalue weighted by molar-refractivity contribution is 6.01. The highest BCUT2D eigenvalue weighted by Gasteiger charge is 2.47. The van der Waals surface area contributed by atoms with Crippen molar-refractivity contribution in [2.45, 2.75) is 43.7 Å². The molecule has 3 aliphatic rings. The summed E-state index contributed by atoms with van der Waals surface area (Å²) in [5, 5.41) is 13.1. The van der Waals surface area contributed by atoms with Gasteiger partial charge in [-0.15, -0.1) is 0 Å². The number of nitrogens with zero attached hydrogens (tertiary/aromatic N) is 2. The molecule has 0 radical (unpaired) electrons. The lowest BCUT2D eigenvalue weighted by Crippen LogP contribution is -2.49. The largest absolute Gasteiger partial charge is 0.377 e. The van der Waals surface area contributed by atoms with E-state index in [0.29, 0.717) is 25.9 Å². The molecule has 3 atom stereocenters. The number of Topliss-reactive ketones (excluding diaryl/α,β-unsaturated/α-hetero) is 1. The zero-order valence-electron chi connectivity index (χ0n) is 18.3. The molecule has 0 saturated carbocycles. The summed E-state index contributed by atoms with van der Waals surface area (Å²) in [6, 6.07) is 16.6. The molecule has 0 aliphatic carbocycles. The van der Waals surface area contributed by atoms with Gasteiger partial charge in [0.25, 0.3) is 0 Å². The summed E-state index contributed by atoms with van der Waals surface area (Å²) in [5.41, 5.74) is 4.70. The van der Waals surface area contributed by atoms with Gasteiger partial charge in [-0.25, -0.2) is 0 Å². The Kier molecular flexibility index (Phi) is 5.32. The third-order valence-corrected chi connectivity index (χ3v) is 7.21. The first-order valence-corrected chi connectivity index (χ1v) is 11.3. The Labute approximate surface area is 188 Å². The Hall–Kier alpha value is -3.01. The minimum absolute atomic E-state index is 0.119. The van der Waals surface area contributed by atoms with Crippen molar-refractivity contribution in [3.05, 3.63) is 53.6 Å². The number of benzene rings is 2. The molecule has 5 rings (SSSR count). The average Bonchev–Trinajstić information content (AvgIpc) is 3.28. The predicted molar refractivity (Wildman–Crippen MR) is 121 cm³/mol. The van der Waals surface area contributed by atoms with Crippen molar-refractivity contribution in [2.24, 2.45) is 5.92 Å². The molecular formula is C26H27N3O3. The number of fused-ring (bicyclic) bond motifs is 3. The van der Waals surface area contributed by atoms with Crippen molar-refractivity contribution >= 4 is 17.4 Å². The number of nitrogens with one attached hydrogen (secondary N) is 1. The fraction of sp³-hybridized carbons (Fsp3) is 0.423. The monoisotopic (exact) mass is 429 g/mol. The molecule has 0 aromatic heterocycles. The van der Waals surface area contributed by atoms with Crippen LogP contribution in [0.3, 0.4) is 0 Å². The second-order valence-corrected chi connectivity index (χ2v) is 9.24. The summed E-state index contributed by atoms with van der Waals surface area (Å²) >= 11 is 0. The van der Waals surface area contributed by atoms with Crippen molar-refractivity contribution in [3.8, 4) is 17.2 Å². The zero-order valence-corrected chi connectivity index (χ0v) is 18.3. The van der Waals surface area contributed by atoms with Crippen LogP contribution in [0.15, 0.2) is 42.5 Å². The Bertz CT molecular complexity index is 1100. The third-order valence-electron chi connectivity index (χ3n) is 7.21. The Morgan fingerprint density at radius 2 is 2.06 bits per heavy atom. The van der Waals surface area contributed by atoms with Gasteiger partial charge in [0.2, 0.25) is 5.91 Å². The highest BCUT2D eigenvalue weighted by atomic mass is 16.5. The summed E-state index contributed by atoms with van der Waals surface area (Å²) in [4.78, 5) is 26.7. The summed E-state index contributed by atoms with van der Waals surface area (Å²) < 4.78 is 5.66. The molecule has 1 N–H and O–H groups in total. The van der Waals surface area contributed by atoms with E-state index in [2.05, 4.69) is 17.5 Å². The lowest BCUT2D eigenvalue weighted by Gasteiger charge is -2.31. The maximum atomic E-state index is 13.0. The first-order chi connectivity index (χ1) is 15.5. The quantitative estimate of drug-likeness (QED) is 0.763. The van der Waals surface area contributed by atoms with Gasteiger partial charge in [-0.05, 0) is 41.2 Å². The minimum Gasteiger partial charge on any atom is -0.377 e. The number of nitriles is 1. The van der Waals surface area contributed by atoms with Crippen molar-refractivity contribution in [3.63, 3.8) is 0 Å². The zero-order chi connectivity index (χ0) is 22.3.